The minimum atomic E-state index is -0.109. The Kier molecular flexibility index (Phi) is 6.93. The first-order valence-corrected chi connectivity index (χ1v) is 10.7. The Morgan fingerprint density at radius 3 is 2.57 bits per heavy atom. The van der Waals surface area contributed by atoms with Crippen LogP contribution in [0, 0.1) is 5.41 Å². The van der Waals surface area contributed by atoms with Crippen LogP contribution in [-0.4, -0.2) is 43.9 Å². The van der Waals surface area contributed by atoms with E-state index in [-0.39, 0.29) is 23.7 Å². The fourth-order valence-corrected chi connectivity index (χ4v) is 4.20. The molecule has 0 atom stereocenters. The lowest BCUT2D eigenvalue weighted by molar-refractivity contribution is -0.115. The summed E-state index contributed by atoms with van der Waals surface area (Å²) in [6.45, 7) is 5.74. The molecule has 5 nitrogen and oxygen atoms in total. The number of rotatable bonds is 8. The molecule has 5 heteroatoms. The summed E-state index contributed by atoms with van der Waals surface area (Å²) < 4.78 is 0. The highest BCUT2D eigenvalue weighted by atomic mass is 16.2. The van der Waals surface area contributed by atoms with Crippen LogP contribution in [0.3, 0.4) is 0 Å². The number of anilines is 1. The van der Waals surface area contributed by atoms with E-state index in [2.05, 4.69) is 41.5 Å². The van der Waals surface area contributed by atoms with Gasteiger partial charge in [0, 0.05) is 24.3 Å². The van der Waals surface area contributed by atoms with Gasteiger partial charge in [0.25, 0.3) is 5.91 Å². The first-order valence-electron chi connectivity index (χ1n) is 10.7. The third kappa shape index (κ3) is 6.17. The summed E-state index contributed by atoms with van der Waals surface area (Å²) in [5, 5.41) is 6.01. The van der Waals surface area contributed by atoms with Crippen LogP contribution < -0.4 is 10.6 Å². The van der Waals surface area contributed by atoms with Crippen molar-refractivity contribution in [2.24, 2.45) is 5.41 Å². The first-order chi connectivity index (χ1) is 14.2. The fourth-order valence-electron chi connectivity index (χ4n) is 4.20. The van der Waals surface area contributed by atoms with Crippen molar-refractivity contribution in [1.29, 1.82) is 0 Å². The number of nitrogens with zero attached hydrogens (tertiary/aromatic N) is 1. The maximum atomic E-state index is 12.6. The largest absolute Gasteiger partial charge is 0.351 e. The Labute approximate surface area is 179 Å². The molecule has 0 saturated carbocycles. The van der Waals surface area contributed by atoms with Crippen LogP contribution in [0.5, 0.6) is 0 Å². The molecule has 2 aromatic rings. The second kappa shape index (κ2) is 9.43. The molecule has 3 rings (SSSR count). The molecule has 30 heavy (non-hydrogen) atoms. The Morgan fingerprint density at radius 1 is 1.03 bits per heavy atom. The number of benzene rings is 2. The lowest BCUT2D eigenvalue weighted by Gasteiger charge is -2.28. The standard InChI is InChI=1S/C25H33N3O2/c1-25(2,17-28(3)4)16-26-24(30)21-10-5-7-18(13-21)14-23(29)27-22-12-11-19-8-6-9-20(19)15-22/h5,7,10-13,15H,6,8-9,14,16-17H2,1-4H3,(H,26,30)(H,27,29). The number of hydrogen-bond acceptors (Lipinski definition) is 3. The number of carbonyl (C=O) groups excluding carboxylic acids is 2. The van der Waals surface area contributed by atoms with Gasteiger partial charge in [-0.05, 0) is 79.7 Å². The van der Waals surface area contributed by atoms with Crippen molar-refractivity contribution >= 4 is 17.5 Å². The Balaban J connectivity index is 1.57. The van der Waals surface area contributed by atoms with E-state index in [1.54, 1.807) is 12.1 Å². The van der Waals surface area contributed by atoms with Gasteiger partial charge in [-0.2, -0.15) is 0 Å². The maximum absolute atomic E-state index is 12.6. The molecule has 0 aromatic heterocycles. The molecular formula is C25H33N3O2. The zero-order chi connectivity index (χ0) is 21.7. The zero-order valence-corrected chi connectivity index (χ0v) is 18.5. The van der Waals surface area contributed by atoms with Gasteiger partial charge >= 0.3 is 0 Å². The van der Waals surface area contributed by atoms with E-state index in [0.29, 0.717) is 12.1 Å². The predicted octanol–water partition coefficient (Wildman–Crippen LogP) is 3.67. The Morgan fingerprint density at radius 2 is 1.80 bits per heavy atom. The highest BCUT2D eigenvalue weighted by molar-refractivity contribution is 5.95. The quantitative estimate of drug-likeness (QED) is 0.702. The molecule has 0 radical (unpaired) electrons. The molecule has 0 unspecified atom stereocenters. The molecule has 1 aliphatic carbocycles. The molecule has 160 valence electrons. The summed E-state index contributed by atoms with van der Waals surface area (Å²) in [7, 11) is 4.06. The number of hydrogen-bond donors (Lipinski definition) is 2. The van der Waals surface area contributed by atoms with E-state index in [1.807, 2.05) is 32.3 Å². The first kappa shape index (κ1) is 22.0. The summed E-state index contributed by atoms with van der Waals surface area (Å²) in [6.07, 6.45) is 3.64. The highest BCUT2D eigenvalue weighted by Crippen LogP contribution is 2.25. The maximum Gasteiger partial charge on any atom is 0.251 e. The minimum absolute atomic E-state index is 0.0213. The van der Waals surface area contributed by atoms with Crippen LogP contribution in [0.1, 0.15) is 47.3 Å². The van der Waals surface area contributed by atoms with E-state index in [1.165, 1.54) is 17.5 Å². The Hall–Kier alpha value is -2.66. The molecule has 0 bridgehead atoms. The van der Waals surface area contributed by atoms with Crippen LogP contribution in [0.2, 0.25) is 0 Å². The van der Waals surface area contributed by atoms with E-state index >= 15 is 0 Å². The number of fused-ring (bicyclic) bond motifs is 1. The van der Waals surface area contributed by atoms with Gasteiger partial charge in [0.15, 0.2) is 0 Å². The van der Waals surface area contributed by atoms with Gasteiger partial charge in [-0.3, -0.25) is 9.59 Å². The van der Waals surface area contributed by atoms with Crippen molar-refractivity contribution in [3.8, 4) is 0 Å². The molecular weight excluding hydrogens is 374 g/mol. The fraction of sp³-hybridized carbons (Fsp3) is 0.440. The number of amides is 2. The van der Waals surface area contributed by atoms with Gasteiger partial charge in [-0.15, -0.1) is 0 Å². The van der Waals surface area contributed by atoms with Gasteiger partial charge in [0.2, 0.25) is 5.91 Å². The molecule has 0 fully saturated rings. The molecule has 1 aliphatic rings. The van der Waals surface area contributed by atoms with Crippen molar-refractivity contribution in [2.45, 2.75) is 39.5 Å². The summed E-state index contributed by atoms with van der Waals surface area (Å²) in [4.78, 5) is 27.2. The van der Waals surface area contributed by atoms with Gasteiger partial charge in [-0.25, -0.2) is 0 Å². The molecule has 2 N–H and O–H groups in total. The van der Waals surface area contributed by atoms with Crippen LogP contribution in [-0.2, 0) is 24.1 Å². The topological polar surface area (TPSA) is 61.4 Å². The predicted molar refractivity (Wildman–Crippen MR) is 122 cm³/mol. The molecule has 0 aliphatic heterocycles. The van der Waals surface area contributed by atoms with Crippen LogP contribution in [0.15, 0.2) is 42.5 Å². The van der Waals surface area contributed by atoms with E-state index in [0.717, 1.165) is 30.6 Å². The molecule has 0 saturated heterocycles. The van der Waals surface area contributed by atoms with Crippen molar-refractivity contribution in [2.75, 3.05) is 32.5 Å². The lowest BCUT2D eigenvalue weighted by Crippen LogP contribution is -2.40. The van der Waals surface area contributed by atoms with Crippen LogP contribution in [0.4, 0.5) is 5.69 Å². The van der Waals surface area contributed by atoms with Crippen molar-refractivity contribution < 1.29 is 9.59 Å². The SMILES string of the molecule is CN(C)CC(C)(C)CNC(=O)c1cccc(CC(=O)Nc2ccc3c(c2)CCC3)c1. The second-order valence-corrected chi connectivity index (χ2v) is 9.35. The molecule has 0 spiro atoms. The summed E-state index contributed by atoms with van der Waals surface area (Å²) in [5.74, 6) is -0.180. The van der Waals surface area contributed by atoms with E-state index < -0.39 is 0 Å². The molecule has 2 amide bonds. The van der Waals surface area contributed by atoms with Crippen LogP contribution >= 0.6 is 0 Å². The number of carbonyl (C=O) groups is 2. The zero-order valence-electron chi connectivity index (χ0n) is 18.5. The average Bonchev–Trinajstić information content (AvgIpc) is 3.13. The van der Waals surface area contributed by atoms with Gasteiger partial charge < -0.3 is 15.5 Å². The van der Waals surface area contributed by atoms with Crippen molar-refractivity contribution in [1.82, 2.24) is 10.2 Å². The monoisotopic (exact) mass is 407 g/mol. The van der Waals surface area contributed by atoms with E-state index in [9.17, 15) is 9.59 Å². The second-order valence-electron chi connectivity index (χ2n) is 9.35. The lowest BCUT2D eigenvalue weighted by atomic mass is 9.93. The molecule has 0 heterocycles. The summed E-state index contributed by atoms with van der Waals surface area (Å²) >= 11 is 0. The van der Waals surface area contributed by atoms with Crippen LogP contribution in [0.25, 0.3) is 0 Å². The third-order valence-corrected chi connectivity index (χ3v) is 5.41. The normalized spacial score (nSPS) is 13.2. The summed E-state index contributed by atoms with van der Waals surface area (Å²) in [5.41, 5.74) is 4.96. The van der Waals surface area contributed by atoms with Crippen molar-refractivity contribution in [3.63, 3.8) is 0 Å². The number of aryl methyl sites for hydroxylation is 2. The third-order valence-electron chi connectivity index (χ3n) is 5.41. The van der Waals surface area contributed by atoms with Gasteiger partial charge in [0.1, 0.15) is 0 Å². The Bertz CT molecular complexity index is 918. The smallest absolute Gasteiger partial charge is 0.251 e. The summed E-state index contributed by atoms with van der Waals surface area (Å²) in [6, 6.07) is 13.5. The van der Waals surface area contributed by atoms with Gasteiger partial charge in [0.05, 0.1) is 6.42 Å². The molecule has 2 aromatic carbocycles. The minimum Gasteiger partial charge on any atom is -0.351 e. The highest BCUT2D eigenvalue weighted by Gasteiger charge is 2.20. The average molecular weight is 408 g/mol. The van der Waals surface area contributed by atoms with E-state index in [4.69, 9.17) is 0 Å². The van der Waals surface area contributed by atoms with Gasteiger partial charge in [-0.1, -0.05) is 32.0 Å². The number of nitrogens with one attached hydrogen (secondary N) is 2. The van der Waals surface area contributed by atoms with Crippen molar-refractivity contribution in [3.05, 3.63) is 64.7 Å².